The molecule has 1 heterocycles. The van der Waals surface area contributed by atoms with E-state index in [0.29, 0.717) is 13.0 Å². The van der Waals surface area contributed by atoms with Gasteiger partial charge in [0.15, 0.2) is 0 Å². The summed E-state index contributed by atoms with van der Waals surface area (Å²) in [4.78, 5) is 14.2. The minimum absolute atomic E-state index is 0.0851. The van der Waals surface area contributed by atoms with Gasteiger partial charge in [0.1, 0.15) is 10.6 Å². The summed E-state index contributed by atoms with van der Waals surface area (Å²) >= 11 is 0. The lowest BCUT2D eigenvalue weighted by molar-refractivity contribution is -0.118. The highest BCUT2D eigenvalue weighted by molar-refractivity contribution is 7.87. The zero-order valence-corrected chi connectivity index (χ0v) is 15.4. The summed E-state index contributed by atoms with van der Waals surface area (Å²) in [6.45, 7) is 3.87. The van der Waals surface area contributed by atoms with Gasteiger partial charge in [0.2, 0.25) is 5.91 Å². The predicted molar refractivity (Wildman–Crippen MR) is 99.7 cm³/mol. The summed E-state index contributed by atoms with van der Waals surface area (Å²) in [5, 5.41) is 3.61. The molecule has 1 amide bonds. The molecule has 0 fully saturated rings. The fraction of sp³-hybridized carbons (Fsp3) is 0.211. The number of amides is 1. The fourth-order valence-electron chi connectivity index (χ4n) is 2.67. The van der Waals surface area contributed by atoms with Gasteiger partial charge in [-0.25, -0.2) is 0 Å². The van der Waals surface area contributed by atoms with Crippen LogP contribution in [0.5, 0.6) is 5.75 Å². The lowest BCUT2D eigenvalue weighted by Gasteiger charge is -2.08. The van der Waals surface area contributed by atoms with Gasteiger partial charge in [-0.1, -0.05) is 17.7 Å². The topological polar surface area (TPSA) is 88.3 Å². The van der Waals surface area contributed by atoms with E-state index in [4.69, 9.17) is 4.18 Å². The fourth-order valence-corrected chi connectivity index (χ4v) is 3.59. The third-order valence-electron chi connectivity index (χ3n) is 4.02. The molecule has 3 rings (SSSR count). The molecule has 0 bridgehead atoms. The lowest BCUT2D eigenvalue weighted by Crippen LogP contribution is -2.22. The molecule has 0 atom stereocenters. The van der Waals surface area contributed by atoms with Crippen LogP contribution in [-0.4, -0.2) is 25.9 Å². The van der Waals surface area contributed by atoms with Crippen LogP contribution in [-0.2, 0) is 21.3 Å². The van der Waals surface area contributed by atoms with Crippen LogP contribution in [0.2, 0.25) is 0 Å². The normalized spacial score (nSPS) is 11.5. The predicted octanol–water partition coefficient (Wildman–Crippen LogP) is 2.92. The monoisotopic (exact) mass is 372 g/mol. The molecule has 0 aliphatic heterocycles. The summed E-state index contributed by atoms with van der Waals surface area (Å²) in [7, 11) is -3.89. The van der Waals surface area contributed by atoms with Crippen molar-refractivity contribution < 1.29 is 17.4 Å². The van der Waals surface area contributed by atoms with Crippen LogP contribution in [0.25, 0.3) is 10.9 Å². The number of hydrogen-bond acceptors (Lipinski definition) is 4. The molecule has 3 aromatic rings. The van der Waals surface area contributed by atoms with Crippen molar-refractivity contribution in [1.82, 2.24) is 10.3 Å². The van der Waals surface area contributed by atoms with E-state index < -0.39 is 10.1 Å². The zero-order valence-electron chi connectivity index (χ0n) is 14.6. The Bertz CT molecular complexity index is 1040. The first kappa shape index (κ1) is 18.0. The minimum Gasteiger partial charge on any atom is -0.379 e. The molecule has 0 saturated carbocycles. The van der Waals surface area contributed by atoms with Crippen molar-refractivity contribution in [3.63, 3.8) is 0 Å². The molecule has 136 valence electrons. The molecular weight excluding hydrogens is 352 g/mol. The van der Waals surface area contributed by atoms with E-state index in [-0.39, 0.29) is 16.6 Å². The van der Waals surface area contributed by atoms with Crippen molar-refractivity contribution in [3.05, 3.63) is 59.8 Å². The average molecular weight is 372 g/mol. The molecule has 1 aromatic heterocycles. The molecule has 0 radical (unpaired) electrons. The average Bonchev–Trinajstić information content (AvgIpc) is 2.97. The molecule has 0 aliphatic carbocycles. The van der Waals surface area contributed by atoms with Gasteiger partial charge in [-0.15, -0.1) is 0 Å². The van der Waals surface area contributed by atoms with Gasteiger partial charge in [-0.2, -0.15) is 8.42 Å². The second kappa shape index (κ2) is 7.21. The smallest absolute Gasteiger partial charge is 0.339 e. The second-order valence-electron chi connectivity index (χ2n) is 6.10. The van der Waals surface area contributed by atoms with Crippen LogP contribution < -0.4 is 9.50 Å². The Morgan fingerprint density at radius 2 is 1.88 bits per heavy atom. The number of aromatic nitrogens is 1. The van der Waals surface area contributed by atoms with Crippen molar-refractivity contribution in [2.75, 3.05) is 6.54 Å². The van der Waals surface area contributed by atoms with Gasteiger partial charge in [0.05, 0.1) is 0 Å². The first-order valence-electron chi connectivity index (χ1n) is 8.21. The van der Waals surface area contributed by atoms with Crippen molar-refractivity contribution in [1.29, 1.82) is 0 Å². The number of aromatic amines is 1. The molecule has 0 spiro atoms. The van der Waals surface area contributed by atoms with E-state index in [2.05, 4.69) is 10.3 Å². The number of nitrogens with one attached hydrogen (secondary N) is 2. The van der Waals surface area contributed by atoms with Gasteiger partial charge in [0.25, 0.3) is 0 Å². The lowest BCUT2D eigenvalue weighted by atomic mass is 10.1. The zero-order chi connectivity index (χ0) is 18.7. The van der Waals surface area contributed by atoms with Crippen molar-refractivity contribution in [3.8, 4) is 5.75 Å². The van der Waals surface area contributed by atoms with Crippen LogP contribution in [0.1, 0.15) is 18.1 Å². The molecule has 26 heavy (non-hydrogen) atoms. The Hall–Kier alpha value is -2.80. The van der Waals surface area contributed by atoms with Gasteiger partial charge in [-0.05, 0) is 49.2 Å². The van der Waals surface area contributed by atoms with Gasteiger partial charge >= 0.3 is 10.1 Å². The Balaban J connectivity index is 1.84. The Labute approximate surface area is 152 Å². The van der Waals surface area contributed by atoms with Crippen LogP contribution in [0.4, 0.5) is 0 Å². The molecule has 0 saturated heterocycles. The van der Waals surface area contributed by atoms with Crippen molar-refractivity contribution in [2.45, 2.75) is 25.2 Å². The van der Waals surface area contributed by atoms with Crippen molar-refractivity contribution >= 4 is 26.9 Å². The molecule has 2 aromatic carbocycles. The SMILES string of the molecule is CC(=O)NCCc1c[nH]c2ccc(OS(=O)(=O)c3ccc(C)cc3)cc12. The standard InChI is InChI=1S/C19H20N2O4S/c1-13-3-6-17(7-4-13)26(23,24)25-16-5-8-19-18(11-16)15(12-21-19)9-10-20-14(2)22/h3-8,11-12,21H,9-10H2,1-2H3,(H,20,22). The van der Waals surface area contributed by atoms with Gasteiger partial charge < -0.3 is 14.5 Å². The van der Waals surface area contributed by atoms with E-state index in [1.54, 1.807) is 30.3 Å². The molecule has 0 aliphatic rings. The van der Waals surface area contributed by atoms with E-state index in [1.807, 2.05) is 13.1 Å². The molecule has 2 N–H and O–H groups in total. The number of rotatable bonds is 6. The van der Waals surface area contributed by atoms with E-state index in [9.17, 15) is 13.2 Å². The minimum atomic E-state index is -3.89. The van der Waals surface area contributed by atoms with E-state index >= 15 is 0 Å². The van der Waals surface area contributed by atoms with Gasteiger partial charge in [0, 0.05) is 30.6 Å². The number of fused-ring (bicyclic) bond motifs is 1. The Kier molecular flexibility index (Phi) is 4.99. The number of benzene rings is 2. The molecular formula is C19H20N2O4S. The van der Waals surface area contributed by atoms with Gasteiger partial charge in [-0.3, -0.25) is 4.79 Å². The molecule has 0 unspecified atom stereocenters. The maximum atomic E-state index is 12.4. The number of hydrogen-bond donors (Lipinski definition) is 2. The van der Waals surface area contributed by atoms with Crippen LogP contribution in [0, 0.1) is 6.92 Å². The maximum Gasteiger partial charge on any atom is 0.339 e. The van der Waals surface area contributed by atoms with E-state index in [0.717, 1.165) is 22.0 Å². The molecule has 6 nitrogen and oxygen atoms in total. The largest absolute Gasteiger partial charge is 0.379 e. The summed E-state index contributed by atoms with van der Waals surface area (Å²) in [6.07, 6.45) is 2.48. The quantitative estimate of drug-likeness (QED) is 0.651. The number of carbonyl (C=O) groups excluding carboxylic acids is 1. The number of carbonyl (C=O) groups is 1. The second-order valence-corrected chi connectivity index (χ2v) is 7.65. The first-order valence-corrected chi connectivity index (χ1v) is 9.61. The summed E-state index contributed by atoms with van der Waals surface area (Å²) in [5.74, 6) is 0.163. The highest BCUT2D eigenvalue weighted by Gasteiger charge is 2.17. The van der Waals surface area contributed by atoms with E-state index in [1.165, 1.54) is 19.1 Å². The summed E-state index contributed by atoms with van der Waals surface area (Å²) in [6, 6.07) is 11.6. The maximum absolute atomic E-state index is 12.4. The Morgan fingerprint density at radius 1 is 1.15 bits per heavy atom. The third kappa shape index (κ3) is 4.05. The summed E-state index contributed by atoms with van der Waals surface area (Å²) < 4.78 is 30.2. The Morgan fingerprint density at radius 3 is 2.58 bits per heavy atom. The van der Waals surface area contributed by atoms with Crippen LogP contribution in [0.15, 0.2) is 53.6 Å². The first-order chi connectivity index (χ1) is 12.3. The third-order valence-corrected chi connectivity index (χ3v) is 5.28. The summed E-state index contributed by atoms with van der Waals surface area (Å²) in [5.41, 5.74) is 2.83. The van der Waals surface area contributed by atoms with Crippen LogP contribution >= 0.6 is 0 Å². The van der Waals surface area contributed by atoms with Crippen LogP contribution in [0.3, 0.4) is 0 Å². The number of aryl methyl sites for hydroxylation is 1. The number of H-pyrrole nitrogens is 1. The van der Waals surface area contributed by atoms with Crippen molar-refractivity contribution in [2.24, 2.45) is 0 Å². The highest BCUT2D eigenvalue weighted by atomic mass is 32.2. The highest BCUT2D eigenvalue weighted by Crippen LogP contribution is 2.26. The molecule has 7 heteroatoms.